The molecule has 0 radical (unpaired) electrons. The van der Waals surface area contributed by atoms with E-state index in [-0.39, 0.29) is 0 Å². The van der Waals surface area contributed by atoms with Gasteiger partial charge in [-0.25, -0.2) is 0 Å². The molecule has 21 heavy (non-hydrogen) atoms. The Hall–Kier alpha value is -2.27. The van der Waals surface area contributed by atoms with Crippen molar-refractivity contribution in [2.75, 3.05) is 0 Å². The number of hydrogen-bond acceptors (Lipinski definition) is 3. The first-order valence-corrected chi connectivity index (χ1v) is 7.27. The molecular formula is C16H16N4S. The van der Waals surface area contributed by atoms with Crippen molar-refractivity contribution in [2.45, 2.75) is 19.4 Å². The zero-order valence-electron chi connectivity index (χ0n) is 11.7. The molecule has 2 aromatic heterocycles. The molecule has 2 heterocycles. The Kier molecular flexibility index (Phi) is 3.92. The molecule has 0 fully saturated rings. The van der Waals surface area contributed by atoms with Crippen LogP contribution in [-0.4, -0.2) is 19.7 Å². The fourth-order valence-electron chi connectivity index (χ4n) is 2.37. The van der Waals surface area contributed by atoms with Gasteiger partial charge in [0.25, 0.3) is 0 Å². The summed E-state index contributed by atoms with van der Waals surface area (Å²) in [6.45, 7) is 2.98. The standard InChI is InChI=1S/C16H16N4S/c1-12(13-5-3-2-4-6-13)11-20-15(18-19-16(20)21)14-7-9-17-10-8-14/h2-10,12H,11H2,1H3,(H,19,21). The van der Waals surface area contributed by atoms with Crippen molar-refractivity contribution in [3.63, 3.8) is 0 Å². The third-order valence-corrected chi connectivity index (χ3v) is 3.83. The maximum absolute atomic E-state index is 5.37. The second-order valence-corrected chi connectivity index (χ2v) is 5.40. The minimum absolute atomic E-state index is 0.357. The van der Waals surface area contributed by atoms with Crippen molar-refractivity contribution in [3.05, 3.63) is 65.2 Å². The number of aromatic nitrogens is 4. The van der Waals surface area contributed by atoms with E-state index in [1.54, 1.807) is 12.4 Å². The molecule has 0 spiro atoms. The van der Waals surface area contributed by atoms with Crippen LogP contribution in [0.5, 0.6) is 0 Å². The zero-order chi connectivity index (χ0) is 14.7. The van der Waals surface area contributed by atoms with E-state index >= 15 is 0 Å². The van der Waals surface area contributed by atoms with Crippen molar-refractivity contribution in [3.8, 4) is 11.4 Å². The average molecular weight is 296 g/mol. The number of nitrogens with zero attached hydrogens (tertiary/aromatic N) is 3. The third kappa shape index (κ3) is 2.92. The molecule has 0 saturated carbocycles. The van der Waals surface area contributed by atoms with E-state index < -0.39 is 0 Å². The first-order chi connectivity index (χ1) is 10.3. The van der Waals surface area contributed by atoms with E-state index in [9.17, 15) is 0 Å². The molecule has 0 amide bonds. The molecule has 0 aliphatic carbocycles. The Morgan fingerprint density at radius 3 is 2.57 bits per heavy atom. The summed E-state index contributed by atoms with van der Waals surface area (Å²) in [5.41, 5.74) is 2.30. The smallest absolute Gasteiger partial charge is 0.195 e. The van der Waals surface area contributed by atoms with Gasteiger partial charge in [-0.15, -0.1) is 0 Å². The largest absolute Gasteiger partial charge is 0.300 e. The number of aromatic amines is 1. The number of rotatable bonds is 4. The van der Waals surface area contributed by atoms with Crippen LogP contribution in [0.4, 0.5) is 0 Å². The minimum atomic E-state index is 0.357. The van der Waals surface area contributed by atoms with Crippen molar-refractivity contribution in [1.82, 2.24) is 19.7 Å². The average Bonchev–Trinajstić information content (AvgIpc) is 2.90. The van der Waals surface area contributed by atoms with E-state index in [1.165, 1.54) is 5.56 Å². The van der Waals surface area contributed by atoms with Gasteiger partial charge in [0, 0.05) is 24.5 Å². The lowest BCUT2D eigenvalue weighted by atomic mass is 10.0. The third-order valence-electron chi connectivity index (χ3n) is 3.52. The molecular weight excluding hydrogens is 280 g/mol. The normalized spacial score (nSPS) is 12.2. The molecule has 5 heteroatoms. The summed E-state index contributed by atoms with van der Waals surface area (Å²) in [5.74, 6) is 1.21. The molecule has 1 atom stereocenters. The fraction of sp³-hybridized carbons (Fsp3) is 0.188. The molecule has 1 N–H and O–H groups in total. The SMILES string of the molecule is CC(Cn1c(-c2ccncc2)n[nH]c1=S)c1ccccc1. The lowest BCUT2D eigenvalue weighted by molar-refractivity contribution is 0.595. The molecule has 0 aliphatic rings. The number of hydrogen-bond donors (Lipinski definition) is 1. The first-order valence-electron chi connectivity index (χ1n) is 6.86. The van der Waals surface area contributed by atoms with Gasteiger partial charge in [-0.1, -0.05) is 37.3 Å². The van der Waals surface area contributed by atoms with Gasteiger partial charge in [0.1, 0.15) is 0 Å². The lowest BCUT2D eigenvalue weighted by Crippen LogP contribution is -2.08. The highest BCUT2D eigenvalue weighted by Crippen LogP contribution is 2.22. The lowest BCUT2D eigenvalue weighted by Gasteiger charge is -2.14. The van der Waals surface area contributed by atoms with E-state index in [4.69, 9.17) is 12.2 Å². The Morgan fingerprint density at radius 2 is 1.86 bits per heavy atom. The van der Waals surface area contributed by atoms with Crippen LogP contribution in [0, 0.1) is 4.77 Å². The molecule has 1 aromatic carbocycles. The highest BCUT2D eigenvalue weighted by Gasteiger charge is 2.12. The van der Waals surface area contributed by atoms with Crippen LogP contribution < -0.4 is 0 Å². The maximum atomic E-state index is 5.37. The summed E-state index contributed by atoms with van der Waals surface area (Å²) in [6, 6.07) is 14.3. The van der Waals surface area contributed by atoms with E-state index in [0.29, 0.717) is 10.7 Å². The topological polar surface area (TPSA) is 46.5 Å². The van der Waals surface area contributed by atoms with Crippen molar-refractivity contribution in [1.29, 1.82) is 0 Å². The van der Waals surface area contributed by atoms with Crippen molar-refractivity contribution >= 4 is 12.2 Å². The van der Waals surface area contributed by atoms with Crippen LogP contribution in [0.15, 0.2) is 54.9 Å². The van der Waals surface area contributed by atoms with Crippen LogP contribution in [0.3, 0.4) is 0 Å². The van der Waals surface area contributed by atoms with Crippen LogP contribution in [0.2, 0.25) is 0 Å². The summed E-state index contributed by atoms with van der Waals surface area (Å²) in [7, 11) is 0. The van der Waals surface area contributed by atoms with Crippen LogP contribution in [0.25, 0.3) is 11.4 Å². The Balaban J connectivity index is 1.93. The molecule has 3 aromatic rings. The van der Waals surface area contributed by atoms with Crippen molar-refractivity contribution in [2.24, 2.45) is 0 Å². The van der Waals surface area contributed by atoms with E-state index in [2.05, 4.69) is 46.4 Å². The minimum Gasteiger partial charge on any atom is -0.300 e. The summed E-state index contributed by atoms with van der Waals surface area (Å²) in [4.78, 5) is 4.04. The second kappa shape index (κ2) is 6.01. The van der Waals surface area contributed by atoms with Gasteiger partial charge < -0.3 is 0 Å². The molecule has 4 nitrogen and oxygen atoms in total. The molecule has 3 rings (SSSR count). The first kappa shape index (κ1) is 13.7. The fourth-order valence-corrected chi connectivity index (χ4v) is 2.58. The zero-order valence-corrected chi connectivity index (χ0v) is 12.5. The Morgan fingerprint density at radius 1 is 1.14 bits per heavy atom. The Labute approximate surface area is 128 Å². The molecule has 0 bridgehead atoms. The van der Waals surface area contributed by atoms with Gasteiger partial charge in [0.15, 0.2) is 10.6 Å². The molecule has 0 saturated heterocycles. The van der Waals surface area contributed by atoms with Crippen LogP contribution >= 0.6 is 12.2 Å². The number of H-pyrrole nitrogens is 1. The molecule has 0 aliphatic heterocycles. The maximum Gasteiger partial charge on any atom is 0.195 e. The van der Waals surface area contributed by atoms with E-state index in [1.807, 2.05) is 22.8 Å². The monoisotopic (exact) mass is 296 g/mol. The second-order valence-electron chi connectivity index (χ2n) is 5.01. The van der Waals surface area contributed by atoms with Gasteiger partial charge in [0.2, 0.25) is 0 Å². The van der Waals surface area contributed by atoms with Gasteiger partial charge in [-0.05, 0) is 35.8 Å². The highest BCUT2D eigenvalue weighted by atomic mass is 32.1. The number of nitrogens with one attached hydrogen (secondary N) is 1. The predicted octanol–water partition coefficient (Wildman–Crippen LogP) is 3.81. The summed E-state index contributed by atoms with van der Waals surface area (Å²) < 4.78 is 2.69. The van der Waals surface area contributed by atoms with Crippen LogP contribution in [-0.2, 0) is 6.54 Å². The molecule has 106 valence electrons. The van der Waals surface area contributed by atoms with Gasteiger partial charge in [0.05, 0.1) is 0 Å². The summed E-state index contributed by atoms with van der Waals surface area (Å²) in [5, 5.41) is 7.24. The van der Waals surface area contributed by atoms with Crippen molar-refractivity contribution < 1.29 is 0 Å². The summed E-state index contributed by atoms with van der Waals surface area (Å²) in [6.07, 6.45) is 3.52. The van der Waals surface area contributed by atoms with Gasteiger partial charge >= 0.3 is 0 Å². The summed E-state index contributed by atoms with van der Waals surface area (Å²) >= 11 is 5.37. The van der Waals surface area contributed by atoms with E-state index in [0.717, 1.165) is 17.9 Å². The number of pyridine rings is 1. The quantitative estimate of drug-likeness (QED) is 0.745. The number of benzene rings is 1. The molecule has 1 unspecified atom stereocenters. The van der Waals surface area contributed by atoms with Gasteiger partial charge in [-0.3, -0.25) is 14.6 Å². The predicted molar refractivity (Wildman–Crippen MR) is 85.5 cm³/mol. The highest BCUT2D eigenvalue weighted by molar-refractivity contribution is 7.71. The van der Waals surface area contributed by atoms with Crippen LogP contribution in [0.1, 0.15) is 18.4 Å². The van der Waals surface area contributed by atoms with Gasteiger partial charge in [-0.2, -0.15) is 5.10 Å². The Bertz CT molecular complexity index is 762.